The SMILES string of the molecule is CCOC(=O)Cn1c(-c2cnc(F)c(C)c2)nc2c(c1=O)N[C@H](c1ccc(F)cc1)CC2. The van der Waals surface area contributed by atoms with Gasteiger partial charge in [-0.05, 0) is 50.5 Å². The molecule has 1 aromatic carbocycles. The number of nitrogens with zero attached hydrogens (tertiary/aromatic N) is 3. The van der Waals surface area contributed by atoms with Crippen LogP contribution in [0.15, 0.2) is 41.3 Å². The molecule has 1 N–H and O–H groups in total. The fourth-order valence-corrected chi connectivity index (χ4v) is 3.78. The third-order valence-corrected chi connectivity index (χ3v) is 5.37. The molecule has 2 aromatic heterocycles. The van der Waals surface area contributed by atoms with E-state index in [9.17, 15) is 18.4 Å². The van der Waals surface area contributed by atoms with Gasteiger partial charge in [-0.1, -0.05) is 12.1 Å². The summed E-state index contributed by atoms with van der Waals surface area (Å²) in [5.41, 5.74) is 1.96. The van der Waals surface area contributed by atoms with Crippen molar-refractivity contribution >= 4 is 11.7 Å². The van der Waals surface area contributed by atoms with Gasteiger partial charge in [-0.15, -0.1) is 0 Å². The minimum Gasteiger partial charge on any atom is -0.465 e. The summed E-state index contributed by atoms with van der Waals surface area (Å²) in [5, 5.41) is 3.20. The topological polar surface area (TPSA) is 86.1 Å². The van der Waals surface area contributed by atoms with Crippen LogP contribution < -0.4 is 10.9 Å². The molecule has 32 heavy (non-hydrogen) atoms. The van der Waals surface area contributed by atoms with E-state index in [2.05, 4.69) is 15.3 Å². The second kappa shape index (κ2) is 8.86. The number of aromatic nitrogens is 3. The zero-order chi connectivity index (χ0) is 22.8. The minimum absolute atomic E-state index is 0.170. The van der Waals surface area contributed by atoms with Crippen molar-refractivity contribution < 1.29 is 18.3 Å². The van der Waals surface area contributed by atoms with Crippen LogP contribution in [0, 0.1) is 18.7 Å². The van der Waals surface area contributed by atoms with Crippen molar-refractivity contribution in [3.8, 4) is 11.4 Å². The Morgan fingerprint density at radius 2 is 2.03 bits per heavy atom. The fraction of sp³-hybridized carbons (Fsp3) is 0.304. The average molecular weight is 440 g/mol. The van der Waals surface area contributed by atoms with Crippen molar-refractivity contribution in [2.75, 3.05) is 11.9 Å². The smallest absolute Gasteiger partial charge is 0.326 e. The van der Waals surface area contributed by atoms with E-state index in [4.69, 9.17) is 4.74 Å². The molecule has 1 aliphatic heterocycles. The summed E-state index contributed by atoms with van der Waals surface area (Å²) < 4.78 is 33.2. The molecule has 0 saturated heterocycles. The predicted octanol–water partition coefficient (Wildman–Crippen LogP) is 3.55. The van der Waals surface area contributed by atoms with E-state index in [-0.39, 0.29) is 36.5 Å². The van der Waals surface area contributed by atoms with Gasteiger partial charge in [0.1, 0.15) is 23.9 Å². The molecular formula is C23H22F2N4O3. The lowest BCUT2D eigenvalue weighted by atomic mass is 9.96. The summed E-state index contributed by atoms with van der Waals surface area (Å²) in [6.45, 7) is 3.06. The number of hydrogen-bond donors (Lipinski definition) is 1. The molecule has 3 aromatic rings. The molecule has 0 bridgehead atoms. The first-order valence-electron chi connectivity index (χ1n) is 10.3. The number of carbonyl (C=O) groups excluding carboxylic acids is 1. The number of pyridine rings is 1. The molecule has 9 heteroatoms. The molecule has 0 saturated carbocycles. The van der Waals surface area contributed by atoms with Gasteiger partial charge in [0, 0.05) is 17.3 Å². The van der Waals surface area contributed by atoms with Crippen molar-refractivity contribution in [1.82, 2.24) is 14.5 Å². The van der Waals surface area contributed by atoms with Crippen molar-refractivity contribution in [1.29, 1.82) is 0 Å². The van der Waals surface area contributed by atoms with E-state index in [1.807, 2.05) is 0 Å². The third kappa shape index (κ3) is 4.23. The number of ether oxygens (including phenoxy) is 1. The molecule has 3 heterocycles. The third-order valence-electron chi connectivity index (χ3n) is 5.37. The molecule has 0 radical (unpaired) electrons. The Morgan fingerprint density at radius 3 is 2.72 bits per heavy atom. The summed E-state index contributed by atoms with van der Waals surface area (Å²) in [6.07, 6.45) is 2.43. The lowest BCUT2D eigenvalue weighted by Crippen LogP contribution is -2.34. The molecule has 0 amide bonds. The molecule has 0 unspecified atom stereocenters. The first-order valence-corrected chi connectivity index (χ1v) is 10.3. The van der Waals surface area contributed by atoms with Crippen molar-refractivity contribution in [2.45, 2.75) is 39.3 Å². The summed E-state index contributed by atoms with van der Waals surface area (Å²) >= 11 is 0. The van der Waals surface area contributed by atoms with Crippen LogP contribution in [-0.2, 0) is 22.5 Å². The Morgan fingerprint density at radius 1 is 1.28 bits per heavy atom. The maximum Gasteiger partial charge on any atom is 0.326 e. The second-order valence-electron chi connectivity index (χ2n) is 7.57. The Labute approximate surface area is 183 Å². The van der Waals surface area contributed by atoms with Crippen LogP contribution in [0.25, 0.3) is 11.4 Å². The van der Waals surface area contributed by atoms with Crippen LogP contribution in [0.3, 0.4) is 0 Å². The zero-order valence-corrected chi connectivity index (χ0v) is 17.7. The molecular weight excluding hydrogens is 418 g/mol. The Bertz CT molecular complexity index is 1230. The monoisotopic (exact) mass is 440 g/mol. The van der Waals surface area contributed by atoms with Crippen LogP contribution in [0.5, 0.6) is 0 Å². The maximum absolute atomic E-state index is 13.7. The predicted molar refractivity (Wildman–Crippen MR) is 114 cm³/mol. The number of carbonyl (C=O) groups is 1. The molecule has 166 valence electrons. The maximum atomic E-state index is 13.7. The van der Waals surface area contributed by atoms with Crippen LogP contribution in [-0.4, -0.2) is 27.1 Å². The number of rotatable bonds is 5. The van der Waals surface area contributed by atoms with E-state index in [1.165, 1.54) is 29.0 Å². The highest BCUT2D eigenvalue weighted by Crippen LogP contribution is 2.31. The van der Waals surface area contributed by atoms with Gasteiger partial charge < -0.3 is 10.1 Å². The molecule has 0 fully saturated rings. The van der Waals surface area contributed by atoms with E-state index < -0.39 is 17.5 Å². The van der Waals surface area contributed by atoms with Crippen molar-refractivity contribution in [2.24, 2.45) is 0 Å². The van der Waals surface area contributed by atoms with Crippen LogP contribution in [0.2, 0.25) is 0 Å². The Hall–Kier alpha value is -3.62. The number of nitrogens with one attached hydrogen (secondary N) is 1. The first kappa shape index (κ1) is 21.6. The highest BCUT2D eigenvalue weighted by molar-refractivity contribution is 5.71. The van der Waals surface area contributed by atoms with Crippen LogP contribution >= 0.6 is 0 Å². The van der Waals surface area contributed by atoms with E-state index in [0.29, 0.717) is 29.7 Å². The normalized spacial score (nSPS) is 15.1. The minimum atomic E-state index is -0.616. The second-order valence-corrected chi connectivity index (χ2v) is 7.57. The van der Waals surface area contributed by atoms with Gasteiger partial charge in [0.05, 0.1) is 18.3 Å². The largest absolute Gasteiger partial charge is 0.465 e. The quantitative estimate of drug-likeness (QED) is 0.482. The number of anilines is 1. The standard InChI is InChI=1S/C23H22F2N4O3/c1-3-32-19(30)12-29-22(15-10-13(2)21(25)26-11-15)28-18-9-8-17(27-20(18)23(29)31)14-4-6-16(24)7-5-14/h4-7,10-11,17,27H,3,8-9,12H2,1-2H3/t17-/m0/s1. The van der Waals surface area contributed by atoms with E-state index >= 15 is 0 Å². The van der Waals surface area contributed by atoms with Gasteiger partial charge in [0.2, 0.25) is 5.95 Å². The molecule has 0 aliphatic carbocycles. The van der Waals surface area contributed by atoms with Gasteiger partial charge >= 0.3 is 5.97 Å². The first-order chi connectivity index (χ1) is 15.4. The highest BCUT2D eigenvalue weighted by atomic mass is 19.1. The summed E-state index contributed by atoms with van der Waals surface area (Å²) in [4.78, 5) is 34.0. The van der Waals surface area contributed by atoms with Gasteiger partial charge in [-0.3, -0.25) is 14.2 Å². The number of benzene rings is 1. The summed E-state index contributed by atoms with van der Waals surface area (Å²) in [7, 11) is 0. The highest BCUT2D eigenvalue weighted by Gasteiger charge is 2.27. The lowest BCUT2D eigenvalue weighted by Gasteiger charge is -2.27. The molecule has 4 rings (SSSR count). The summed E-state index contributed by atoms with van der Waals surface area (Å²) in [6, 6.07) is 7.42. The molecule has 1 aliphatic rings. The molecule has 7 nitrogen and oxygen atoms in total. The number of hydrogen-bond acceptors (Lipinski definition) is 6. The van der Waals surface area contributed by atoms with Gasteiger partial charge in [0.25, 0.3) is 5.56 Å². The van der Waals surface area contributed by atoms with Gasteiger partial charge in [-0.2, -0.15) is 4.39 Å². The zero-order valence-electron chi connectivity index (χ0n) is 17.7. The Kier molecular flexibility index (Phi) is 5.98. The fourth-order valence-electron chi connectivity index (χ4n) is 3.78. The lowest BCUT2D eigenvalue weighted by molar-refractivity contribution is -0.143. The van der Waals surface area contributed by atoms with Crippen LogP contribution in [0.4, 0.5) is 14.5 Å². The number of aryl methyl sites for hydroxylation is 2. The Balaban J connectivity index is 1.79. The number of fused-ring (bicyclic) bond motifs is 1. The van der Waals surface area contributed by atoms with Gasteiger partial charge in [-0.25, -0.2) is 14.4 Å². The van der Waals surface area contributed by atoms with E-state index in [1.54, 1.807) is 26.0 Å². The summed E-state index contributed by atoms with van der Waals surface area (Å²) in [5.74, 6) is -1.32. The van der Waals surface area contributed by atoms with Crippen LogP contribution in [0.1, 0.15) is 36.2 Å². The van der Waals surface area contributed by atoms with Crippen molar-refractivity contribution in [3.05, 3.63) is 75.5 Å². The number of halogens is 2. The van der Waals surface area contributed by atoms with Gasteiger partial charge in [0.15, 0.2) is 0 Å². The average Bonchev–Trinajstić information content (AvgIpc) is 2.78. The molecule has 0 spiro atoms. The molecule has 1 atom stereocenters. The van der Waals surface area contributed by atoms with E-state index in [0.717, 1.165) is 5.56 Å². The van der Waals surface area contributed by atoms with Crippen molar-refractivity contribution in [3.63, 3.8) is 0 Å². The number of esters is 1.